The zero-order valence-electron chi connectivity index (χ0n) is 10.3. The number of ether oxygens (including phenoxy) is 3. The summed E-state index contributed by atoms with van der Waals surface area (Å²) in [7, 11) is 1.47. The molecule has 1 N–H and O–H groups in total. The highest BCUT2D eigenvalue weighted by atomic mass is 16.6. The minimum atomic E-state index is -0.546. The summed E-state index contributed by atoms with van der Waals surface area (Å²) in [5.74, 6) is 0.452. The Kier molecular flexibility index (Phi) is 5.50. The van der Waals surface area contributed by atoms with Crippen LogP contribution >= 0.6 is 0 Å². The summed E-state index contributed by atoms with van der Waals surface area (Å²) >= 11 is 0. The molecule has 6 heteroatoms. The van der Waals surface area contributed by atoms with Crippen molar-refractivity contribution in [1.82, 2.24) is 5.32 Å². The van der Waals surface area contributed by atoms with E-state index in [1.54, 1.807) is 31.2 Å². The highest BCUT2D eigenvalue weighted by Gasteiger charge is 2.04. The second-order valence-corrected chi connectivity index (χ2v) is 3.20. The van der Waals surface area contributed by atoms with Gasteiger partial charge in [-0.05, 0) is 31.2 Å². The number of hydrogen-bond acceptors (Lipinski definition) is 5. The molecule has 18 heavy (non-hydrogen) atoms. The molecule has 0 aliphatic heterocycles. The van der Waals surface area contributed by atoms with Gasteiger partial charge in [0.05, 0.1) is 6.61 Å². The molecule has 1 rings (SSSR count). The smallest absolute Gasteiger partial charge is 0.412 e. The summed E-state index contributed by atoms with van der Waals surface area (Å²) in [6.45, 7) is 1.90. The lowest BCUT2D eigenvalue weighted by Crippen LogP contribution is -2.21. The molecule has 0 aliphatic carbocycles. The van der Waals surface area contributed by atoms with E-state index in [9.17, 15) is 9.59 Å². The third kappa shape index (κ3) is 4.73. The quantitative estimate of drug-likeness (QED) is 0.802. The normalized spacial score (nSPS) is 9.44. The van der Waals surface area contributed by atoms with E-state index in [1.165, 1.54) is 7.05 Å². The number of amides is 1. The summed E-state index contributed by atoms with van der Waals surface area (Å²) in [4.78, 5) is 22.0. The van der Waals surface area contributed by atoms with Gasteiger partial charge < -0.3 is 19.5 Å². The second-order valence-electron chi connectivity index (χ2n) is 3.20. The fraction of sp³-hybridized carbons (Fsp3) is 0.333. The molecule has 98 valence electrons. The van der Waals surface area contributed by atoms with Crippen LogP contribution in [0, 0.1) is 0 Å². The van der Waals surface area contributed by atoms with Crippen molar-refractivity contribution >= 4 is 12.1 Å². The molecule has 0 bridgehead atoms. The van der Waals surface area contributed by atoms with Crippen LogP contribution in [-0.4, -0.2) is 32.3 Å². The summed E-state index contributed by atoms with van der Waals surface area (Å²) < 4.78 is 14.8. The highest BCUT2D eigenvalue weighted by Crippen LogP contribution is 2.17. The Hall–Kier alpha value is -2.24. The van der Waals surface area contributed by atoms with Gasteiger partial charge in [0, 0.05) is 7.05 Å². The number of rotatable bonds is 5. The number of hydrogen-bond donors (Lipinski definition) is 1. The van der Waals surface area contributed by atoms with Gasteiger partial charge in [-0.25, -0.2) is 9.59 Å². The Balaban J connectivity index is 2.45. The van der Waals surface area contributed by atoms with Crippen LogP contribution in [0.2, 0.25) is 0 Å². The average molecular weight is 253 g/mol. The number of carbonyl (C=O) groups is 2. The van der Waals surface area contributed by atoms with Gasteiger partial charge in [0.2, 0.25) is 0 Å². The average Bonchev–Trinajstić information content (AvgIpc) is 2.38. The zero-order valence-corrected chi connectivity index (χ0v) is 10.3. The van der Waals surface area contributed by atoms with Gasteiger partial charge in [-0.1, -0.05) is 0 Å². The molecule has 0 radical (unpaired) electrons. The maximum atomic E-state index is 11.0. The molecule has 0 unspecified atom stereocenters. The SMILES string of the molecule is CCOC(=O)COc1ccc(OC(=O)NC)cc1. The fourth-order valence-corrected chi connectivity index (χ4v) is 1.11. The number of esters is 1. The predicted molar refractivity (Wildman–Crippen MR) is 63.7 cm³/mol. The Labute approximate surface area is 105 Å². The summed E-state index contributed by atoms with van der Waals surface area (Å²) in [5.41, 5.74) is 0. The van der Waals surface area contributed by atoms with E-state index in [0.29, 0.717) is 18.1 Å². The van der Waals surface area contributed by atoms with E-state index in [0.717, 1.165) is 0 Å². The van der Waals surface area contributed by atoms with Crippen molar-refractivity contribution in [3.8, 4) is 11.5 Å². The Bertz CT molecular complexity index is 401. The molecule has 0 saturated heterocycles. The van der Waals surface area contributed by atoms with Gasteiger partial charge in [0.1, 0.15) is 11.5 Å². The second kappa shape index (κ2) is 7.16. The van der Waals surface area contributed by atoms with E-state index in [1.807, 2.05) is 0 Å². The fourth-order valence-electron chi connectivity index (χ4n) is 1.11. The first-order chi connectivity index (χ1) is 8.65. The molecule has 0 spiro atoms. The molecule has 0 fully saturated rings. The first kappa shape index (κ1) is 13.8. The van der Waals surface area contributed by atoms with Gasteiger partial charge in [-0.3, -0.25) is 0 Å². The van der Waals surface area contributed by atoms with Crippen LogP contribution in [0.3, 0.4) is 0 Å². The Morgan fingerprint density at radius 1 is 1.17 bits per heavy atom. The summed E-state index contributed by atoms with van der Waals surface area (Å²) in [6, 6.07) is 6.32. The first-order valence-electron chi connectivity index (χ1n) is 5.43. The Morgan fingerprint density at radius 2 is 1.78 bits per heavy atom. The zero-order chi connectivity index (χ0) is 13.4. The van der Waals surface area contributed by atoms with Crippen molar-refractivity contribution in [2.75, 3.05) is 20.3 Å². The van der Waals surface area contributed by atoms with Crippen molar-refractivity contribution in [1.29, 1.82) is 0 Å². The monoisotopic (exact) mass is 253 g/mol. The number of carbonyl (C=O) groups excluding carboxylic acids is 2. The molecule has 0 aliphatic rings. The van der Waals surface area contributed by atoms with Crippen LogP contribution in [0.25, 0.3) is 0 Å². The molecule has 1 aromatic rings. The van der Waals surface area contributed by atoms with Crippen molar-refractivity contribution in [3.05, 3.63) is 24.3 Å². The van der Waals surface area contributed by atoms with E-state index in [-0.39, 0.29) is 6.61 Å². The van der Waals surface area contributed by atoms with Crippen LogP contribution in [0.1, 0.15) is 6.92 Å². The topological polar surface area (TPSA) is 73.9 Å². The lowest BCUT2D eigenvalue weighted by Gasteiger charge is -2.07. The molecule has 0 saturated carbocycles. The van der Waals surface area contributed by atoms with Gasteiger partial charge in [0.25, 0.3) is 0 Å². The van der Waals surface area contributed by atoms with Crippen molar-refractivity contribution < 1.29 is 23.8 Å². The summed E-state index contributed by atoms with van der Waals surface area (Å²) in [5, 5.41) is 2.33. The van der Waals surface area contributed by atoms with Crippen LogP contribution in [0.15, 0.2) is 24.3 Å². The van der Waals surface area contributed by atoms with Crippen molar-refractivity contribution in [3.63, 3.8) is 0 Å². The van der Waals surface area contributed by atoms with Crippen LogP contribution in [0.5, 0.6) is 11.5 Å². The molecule has 1 amide bonds. The molecule has 0 heterocycles. The lowest BCUT2D eigenvalue weighted by atomic mass is 10.3. The van der Waals surface area contributed by atoms with Crippen molar-refractivity contribution in [2.24, 2.45) is 0 Å². The maximum Gasteiger partial charge on any atom is 0.412 e. The Morgan fingerprint density at radius 3 is 2.33 bits per heavy atom. The van der Waals surface area contributed by atoms with Gasteiger partial charge in [0.15, 0.2) is 6.61 Å². The van der Waals surface area contributed by atoms with Crippen LogP contribution in [-0.2, 0) is 9.53 Å². The molecular formula is C12H15NO5. The third-order valence-corrected chi connectivity index (χ3v) is 1.90. The highest BCUT2D eigenvalue weighted by molar-refractivity contribution is 5.71. The standard InChI is InChI=1S/C12H15NO5/c1-3-16-11(14)8-17-9-4-6-10(7-5-9)18-12(15)13-2/h4-7H,3,8H2,1-2H3,(H,13,15). The maximum absolute atomic E-state index is 11.0. The summed E-state index contributed by atoms with van der Waals surface area (Å²) in [6.07, 6.45) is -0.546. The third-order valence-electron chi connectivity index (χ3n) is 1.90. The lowest BCUT2D eigenvalue weighted by molar-refractivity contribution is -0.145. The molecule has 0 aromatic heterocycles. The van der Waals surface area contributed by atoms with Gasteiger partial charge in [-0.2, -0.15) is 0 Å². The molecule has 1 aromatic carbocycles. The van der Waals surface area contributed by atoms with E-state index in [4.69, 9.17) is 14.2 Å². The van der Waals surface area contributed by atoms with Crippen molar-refractivity contribution in [2.45, 2.75) is 6.92 Å². The first-order valence-corrected chi connectivity index (χ1v) is 5.43. The number of nitrogens with one attached hydrogen (secondary N) is 1. The van der Waals surface area contributed by atoms with Gasteiger partial charge >= 0.3 is 12.1 Å². The molecular weight excluding hydrogens is 238 g/mol. The van der Waals surface area contributed by atoms with Gasteiger partial charge in [-0.15, -0.1) is 0 Å². The predicted octanol–water partition coefficient (Wildman–Crippen LogP) is 1.35. The van der Waals surface area contributed by atoms with Crippen LogP contribution in [0.4, 0.5) is 4.79 Å². The molecule has 6 nitrogen and oxygen atoms in total. The molecule has 0 atom stereocenters. The van der Waals surface area contributed by atoms with E-state index in [2.05, 4.69) is 5.32 Å². The minimum absolute atomic E-state index is 0.149. The van der Waals surface area contributed by atoms with E-state index >= 15 is 0 Å². The number of benzene rings is 1. The largest absolute Gasteiger partial charge is 0.482 e. The van der Waals surface area contributed by atoms with Crippen LogP contribution < -0.4 is 14.8 Å². The van der Waals surface area contributed by atoms with E-state index < -0.39 is 12.1 Å². The minimum Gasteiger partial charge on any atom is -0.482 e.